The smallest absolute Gasteiger partial charge is 0.276 e. The van der Waals surface area contributed by atoms with E-state index in [0.29, 0.717) is 11.1 Å². The lowest BCUT2D eigenvalue weighted by molar-refractivity contribution is -0.385. The number of ether oxygens (including phenoxy) is 1. The number of halogens is 1. The minimum absolute atomic E-state index is 0.0140. The normalized spacial score (nSPS) is 10.5. The van der Waals surface area contributed by atoms with Gasteiger partial charge in [-0.25, -0.2) is 4.39 Å². The van der Waals surface area contributed by atoms with Crippen LogP contribution in [0, 0.1) is 29.8 Å². The summed E-state index contributed by atoms with van der Waals surface area (Å²) in [5, 5.41) is 20.2. The van der Waals surface area contributed by atoms with E-state index in [1.165, 1.54) is 24.3 Å². The molecular formula is C15H14FNO4. The van der Waals surface area contributed by atoms with Crippen LogP contribution in [-0.4, -0.2) is 10.0 Å². The third kappa shape index (κ3) is 3.00. The minimum atomic E-state index is -0.589. The Kier molecular flexibility index (Phi) is 4.18. The Bertz CT molecular complexity index is 700. The number of aliphatic hydroxyl groups excluding tert-OH is 1. The van der Waals surface area contributed by atoms with Crippen molar-refractivity contribution < 1.29 is 19.2 Å². The van der Waals surface area contributed by atoms with Crippen molar-refractivity contribution in [2.24, 2.45) is 0 Å². The predicted octanol–water partition coefficient (Wildman–Crippen LogP) is 3.64. The zero-order valence-corrected chi connectivity index (χ0v) is 11.6. The summed E-state index contributed by atoms with van der Waals surface area (Å²) in [6.45, 7) is 2.86. The molecule has 0 radical (unpaired) electrons. The van der Waals surface area contributed by atoms with Crippen LogP contribution in [0.1, 0.15) is 16.7 Å². The fourth-order valence-electron chi connectivity index (χ4n) is 2.03. The average molecular weight is 291 g/mol. The van der Waals surface area contributed by atoms with E-state index in [0.717, 1.165) is 0 Å². The minimum Gasteiger partial charge on any atom is -0.456 e. The summed E-state index contributed by atoms with van der Waals surface area (Å²) in [5.74, 6) is -0.194. The van der Waals surface area contributed by atoms with Crippen molar-refractivity contribution in [3.05, 3.63) is 63.0 Å². The van der Waals surface area contributed by atoms with E-state index in [1.54, 1.807) is 19.9 Å². The molecule has 21 heavy (non-hydrogen) atoms. The first-order chi connectivity index (χ1) is 9.93. The monoisotopic (exact) mass is 291 g/mol. The van der Waals surface area contributed by atoms with Gasteiger partial charge in [-0.1, -0.05) is 6.07 Å². The maximum absolute atomic E-state index is 13.6. The van der Waals surface area contributed by atoms with Crippen molar-refractivity contribution in [2.45, 2.75) is 20.5 Å². The van der Waals surface area contributed by atoms with Gasteiger partial charge in [0.1, 0.15) is 17.3 Å². The molecule has 2 aromatic rings. The van der Waals surface area contributed by atoms with Gasteiger partial charge in [0.2, 0.25) is 0 Å². The van der Waals surface area contributed by atoms with Gasteiger partial charge >= 0.3 is 0 Å². The molecule has 6 heteroatoms. The Morgan fingerprint density at radius 1 is 1.24 bits per heavy atom. The van der Waals surface area contributed by atoms with E-state index in [-0.39, 0.29) is 22.7 Å². The lowest BCUT2D eigenvalue weighted by atomic mass is 10.1. The first kappa shape index (κ1) is 14.9. The summed E-state index contributed by atoms with van der Waals surface area (Å²) in [5.41, 5.74) is 1.15. The van der Waals surface area contributed by atoms with Crippen molar-refractivity contribution >= 4 is 5.69 Å². The van der Waals surface area contributed by atoms with Gasteiger partial charge in [0.15, 0.2) is 0 Å². The molecule has 0 amide bonds. The van der Waals surface area contributed by atoms with Crippen LogP contribution in [0.3, 0.4) is 0 Å². The van der Waals surface area contributed by atoms with Gasteiger partial charge in [-0.05, 0) is 37.6 Å². The molecule has 0 atom stereocenters. The molecule has 0 unspecified atom stereocenters. The Labute approximate surface area is 120 Å². The molecule has 0 aliphatic carbocycles. The SMILES string of the molecule is Cc1cc(C)c([N+](=O)[O-])cc1Oc1cccc(F)c1CO. The number of hydrogen-bond acceptors (Lipinski definition) is 4. The highest BCUT2D eigenvalue weighted by molar-refractivity contribution is 5.51. The van der Waals surface area contributed by atoms with E-state index in [1.807, 2.05) is 0 Å². The van der Waals surface area contributed by atoms with Crippen molar-refractivity contribution in [1.29, 1.82) is 0 Å². The molecule has 1 N–H and O–H groups in total. The first-order valence-electron chi connectivity index (χ1n) is 6.25. The fourth-order valence-corrected chi connectivity index (χ4v) is 2.03. The van der Waals surface area contributed by atoms with Crippen LogP contribution < -0.4 is 4.74 Å². The van der Waals surface area contributed by atoms with Crippen LogP contribution in [0.25, 0.3) is 0 Å². The van der Waals surface area contributed by atoms with Gasteiger partial charge in [0.25, 0.3) is 5.69 Å². The van der Waals surface area contributed by atoms with E-state index < -0.39 is 17.3 Å². The number of nitro groups is 1. The van der Waals surface area contributed by atoms with Crippen LogP contribution in [0.5, 0.6) is 11.5 Å². The Hall–Kier alpha value is -2.47. The maximum atomic E-state index is 13.6. The number of aliphatic hydroxyl groups is 1. The van der Waals surface area contributed by atoms with Crippen molar-refractivity contribution in [3.63, 3.8) is 0 Å². The fraction of sp³-hybridized carbons (Fsp3) is 0.200. The number of rotatable bonds is 4. The highest BCUT2D eigenvalue weighted by atomic mass is 19.1. The Balaban J connectivity index is 2.47. The van der Waals surface area contributed by atoms with Crippen molar-refractivity contribution in [3.8, 4) is 11.5 Å². The van der Waals surface area contributed by atoms with Crippen LogP contribution in [0.4, 0.5) is 10.1 Å². The highest BCUT2D eigenvalue weighted by Gasteiger charge is 2.16. The molecule has 0 aromatic heterocycles. The summed E-state index contributed by atoms with van der Waals surface area (Å²) < 4.78 is 19.1. The van der Waals surface area contributed by atoms with Crippen LogP contribution in [-0.2, 0) is 6.61 Å². The summed E-state index contributed by atoms with van der Waals surface area (Å²) in [6.07, 6.45) is 0. The van der Waals surface area contributed by atoms with E-state index >= 15 is 0 Å². The molecule has 0 aliphatic rings. The predicted molar refractivity (Wildman–Crippen MR) is 75.0 cm³/mol. The zero-order chi connectivity index (χ0) is 15.6. The van der Waals surface area contributed by atoms with E-state index in [9.17, 15) is 19.6 Å². The molecule has 0 spiro atoms. The largest absolute Gasteiger partial charge is 0.456 e. The molecule has 0 heterocycles. The molecule has 2 aromatic carbocycles. The second-order valence-corrected chi connectivity index (χ2v) is 4.64. The highest BCUT2D eigenvalue weighted by Crippen LogP contribution is 2.33. The lowest BCUT2D eigenvalue weighted by Crippen LogP contribution is -1.98. The number of nitrogens with zero attached hydrogens (tertiary/aromatic N) is 1. The summed E-state index contributed by atoms with van der Waals surface area (Å²) in [4.78, 5) is 10.5. The average Bonchev–Trinajstić information content (AvgIpc) is 2.41. The number of hydrogen-bond donors (Lipinski definition) is 1. The van der Waals surface area contributed by atoms with E-state index in [4.69, 9.17) is 4.74 Å². The molecular weight excluding hydrogens is 277 g/mol. The topological polar surface area (TPSA) is 72.6 Å². The number of nitro benzene ring substituents is 1. The summed E-state index contributed by atoms with van der Waals surface area (Å²) in [6, 6.07) is 7.09. The van der Waals surface area contributed by atoms with Crippen molar-refractivity contribution in [2.75, 3.05) is 0 Å². The second-order valence-electron chi connectivity index (χ2n) is 4.64. The third-order valence-corrected chi connectivity index (χ3v) is 3.14. The maximum Gasteiger partial charge on any atom is 0.276 e. The van der Waals surface area contributed by atoms with Gasteiger partial charge in [-0.2, -0.15) is 0 Å². The molecule has 0 saturated carbocycles. The standard InChI is InChI=1S/C15H14FNO4/c1-9-6-10(2)15(7-13(9)17(19)20)21-14-5-3-4-12(16)11(14)8-18/h3-7,18H,8H2,1-2H3. The van der Waals surface area contributed by atoms with Gasteiger partial charge in [0, 0.05) is 5.56 Å². The molecule has 110 valence electrons. The van der Waals surface area contributed by atoms with Crippen LogP contribution >= 0.6 is 0 Å². The Morgan fingerprint density at radius 3 is 2.57 bits per heavy atom. The Morgan fingerprint density at radius 2 is 1.95 bits per heavy atom. The molecule has 0 bridgehead atoms. The van der Waals surface area contributed by atoms with Gasteiger partial charge in [-0.15, -0.1) is 0 Å². The summed E-state index contributed by atoms with van der Waals surface area (Å²) >= 11 is 0. The lowest BCUT2D eigenvalue weighted by Gasteiger charge is -2.13. The third-order valence-electron chi connectivity index (χ3n) is 3.14. The quantitative estimate of drug-likeness (QED) is 0.689. The first-order valence-corrected chi connectivity index (χ1v) is 6.25. The van der Waals surface area contributed by atoms with Crippen LogP contribution in [0.15, 0.2) is 30.3 Å². The molecule has 0 fully saturated rings. The zero-order valence-electron chi connectivity index (χ0n) is 11.6. The molecule has 0 saturated heterocycles. The van der Waals surface area contributed by atoms with Gasteiger partial charge in [-0.3, -0.25) is 10.1 Å². The molecule has 5 nitrogen and oxygen atoms in total. The van der Waals surface area contributed by atoms with Gasteiger partial charge in [0.05, 0.1) is 23.2 Å². The number of aryl methyl sites for hydroxylation is 2. The van der Waals surface area contributed by atoms with Crippen LogP contribution in [0.2, 0.25) is 0 Å². The van der Waals surface area contributed by atoms with Gasteiger partial charge < -0.3 is 9.84 Å². The summed E-state index contributed by atoms with van der Waals surface area (Å²) in [7, 11) is 0. The van der Waals surface area contributed by atoms with E-state index in [2.05, 4.69) is 0 Å². The molecule has 0 aliphatic heterocycles. The number of benzene rings is 2. The second kappa shape index (κ2) is 5.88. The van der Waals surface area contributed by atoms with Crippen molar-refractivity contribution in [1.82, 2.24) is 0 Å². The molecule has 2 rings (SSSR count).